The third-order valence-electron chi connectivity index (χ3n) is 4.16. The van der Waals surface area contributed by atoms with Gasteiger partial charge in [-0.2, -0.15) is 0 Å². The first kappa shape index (κ1) is 23.2. The summed E-state index contributed by atoms with van der Waals surface area (Å²) in [5, 5.41) is 6.54. The first-order valence-electron chi connectivity index (χ1n) is 8.53. The average molecular weight is 486 g/mol. The maximum Gasteiger partial charge on any atom is 0.191 e. The van der Waals surface area contributed by atoms with Crippen LogP contribution in [-0.4, -0.2) is 45.7 Å². The Balaban J connectivity index is 0.00000364. The second-order valence-corrected chi connectivity index (χ2v) is 6.16. The van der Waals surface area contributed by atoms with Crippen molar-refractivity contribution in [2.45, 2.75) is 12.6 Å². The summed E-state index contributed by atoms with van der Waals surface area (Å²) in [6, 6.07) is 14.6. The molecule has 2 N–H and O–H groups in total. The normalized spacial score (nSPS) is 12.3. The zero-order valence-electron chi connectivity index (χ0n) is 16.2. The molecule has 1 atom stereocenters. The molecule has 0 bridgehead atoms. The molecule has 27 heavy (non-hydrogen) atoms. The molecule has 1 unspecified atom stereocenters. The van der Waals surface area contributed by atoms with Crippen molar-refractivity contribution in [2.75, 3.05) is 34.8 Å². The number of para-hydroxylation sites is 1. The number of methoxy groups -OCH3 is 1. The van der Waals surface area contributed by atoms with Gasteiger partial charge in [0.25, 0.3) is 0 Å². The molecule has 0 aliphatic heterocycles. The highest BCUT2D eigenvalue weighted by atomic mass is 127. The van der Waals surface area contributed by atoms with Crippen molar-refractivity contribution in [1.29, 1.82) is 0 Å². The minimum absolute atomic E-state index is 0. The molecule has 148 valence electrons. The smallest absolute Gasteiger partial charge is 0.191 e. The van der Waals surface area contributed by atoms with Crippen LogP contribution in [0.2, 0.25) is 0 Å². The van der Waals surface area contributed by atoms with Crippen molar-refractivity contribution in [1.82, 2.24) is 15.5 Å². The lowest BCUT2D eigenvalue weighted by molar-refractivity contribution is 0.287. The van der Waals surface area contributed by atoms with Gasteiger partial charge in [-0.1, -0.05) is 30.3 Å². The third-order valence-corrected chi connectivity index (χ3v) is 4.16. The summed E-state index contributed by atoms with van der Waals surface area (Å²) < 4.78 is 18.8. The zero-order valence-corrected chi connectivity index (χ0v) is 18.5. The summed E-state index contributed by atoms with van der Waals surface area (Å²) in [4.78, 5) is 6.37. The van der Waals surface area contributed by atoms with Crippen molar-refractivity contribution in [3.8, 4) is 5.75 Å². The Morgan fingerprint density at radius 3 is 2.52 bits per heavy atom. The number of rotatable bonds is 7. The monoisotopic (exact) mass is 486 g/mol. The molecule has 0 saturated carbocycles. The van der Waals surface area contributed by atoms with E-state index >= 15 is 0 Å². The van der Waals surface area contributed by atoms with Gasteiger partial charge in [0, 0.05) is 25.7 Å². The number of guanidine groups is 1. The van der Waals surface area contributed by atoms with E-state index in [0.717, 1.165) is 16.9 Å². The summed E-state index contributed by atoms with van der Waals surface area (Å²) in [5.41, 5.74) is 1.97. The molecular formula is C20H28FIN4O. The molecule has 2 rings (SSSR count). The topological polar surface area (TPSA) is 48.9 Å². The molecule has 0 aromatic heterocycles. The van der Waals surface area contributed by atoms with E-state index in [-0.39, 0.29) is 35.8 Å². The van der Waals surface area contributed by atoms with E-state index < -0.39 is 0 Å². The van der Waals surface area contributed by atoms with Crippen LogP contribution in [0.1, 0.15) is 17.2 Å². The quantitative estimate of drug-likeness (QED) is 0.358. The maximum atomic E-state index is 13.3. The molecule has 0 saturated heterocycles. The number of benzene rings is 2. The molecule has 7 heteroatoms. The molecular weight excluding hydrogens is 458 g/mol. The van der Waals surface area contributed by atoms with Crippen LogP contribution in [0.5, 0.6) is 5.75 Å². The Morgan fingerprint density at radius 1 is 1.15 bits per heavy atom. The van der Waals surface area contributed by atoms with Gasteiger partial charge in [-0.15, -0.1) is 24.0 Å². The molecule has 0 fully saturated rings. The molecule has 0 amide bonds. The molecule has 2 aromatic rings. The number of halogens is 2. The maximum absolute atomic E-state index is 13.3. The molecule has 0 aliphatic carbocycles. The number of aliphatic imine (C=N–C) groups is 1. The standard InChI is InChI=1S/C20H27FN4O.HI/c1-22-20(23-13-15-8-7-9-16(21)12-15)24-14-18(25(2)3)17-10-5-6-11-19(17)26-4;/h5-12,18H,13-14H2,1-4H3,(H2,22,23,24);1H. The highest BCUT2D eigenvalue weighted by Gasteiger charge is 2.18. The van der Waals surface area contributed by atoms with E-state index in [1.807, 2.05) is 38.4 Å². The second kappa shape index (κ2) is 11.8. The van der Waals surface area contributed by atoms with E-state index in [2.05, 4.69) is 26.6 Å². The Morgan fingerprint density at radius 2 is 1.89 bits per heavy atom. The van der Waals surface area contributed by atoms with Gasteiger partial charge in [-0.3, -0.25) is 4.99 Å². The van der Waals surface area contributed by atoms with E-state index in [4.69, 9.17) is 4.74 Å². The molecule has 0 radical (unpaired) electrons. The van der Waals surface area contributed by atoms with Gasteiger partial charge >= 0.3 is 0 Å². The summed E-state index contributed by atoms with van der Waals surface area (Å²) in [5.74, 6) is 1.28. The minimum Gasteiger partial charge on any atom is -0.496 e. The number of hydrogen-bond acceptors (Lipinski definition) is 3. The lowest BCUT2D eigenvalue weighted by Gasteiger charge is -2.27. The Kier molecular flexibility index (Phi) is 10.1. The zero-order chi connectivity index (χ0) is 18.9. The van der Waals surface area contributed by atoms with Crippen LogP contribution in [0, 0.1) is 5.82 Å². The van der Waals surface area contributed by atoms with Gasteiger partial charge in [-0.25, -0.2) is 4.39 Å². The van der Waals surface area contributed by atoms with Gasteiger partial charge in [0.1, 0.15) is 11.6 Å². The lowest BCUT2D eigenvalue weighted by Crippen LogP contribution is -2.41. The number of hydrogen-bond donors (Lipinski definition) is 2. The highest BCUT2D eigenvalue weighted by Crippen LogP contribution is 2.27. The molecule has 5 nitrogen and oxygen atoms in total. The third kappa shape index (κ3) is 6.99. The van der Waals surface area contributed by atoms with Crippen molar-refractivity contribution in [3.05, 3.63) is 65.5 Å². The van der Waals surface area contributed by atoms with Crippen molar-refractivity contribution >= 4 is 29.9 Å². The molecule has 2 aromatic carbocycles. The van der Waals surface area contributed by atoms with Crippen LogP contribution in [0.15, 0.2) is 53.5 Å². The van der Waals surface area contributed by atoms with E-state index in [0.29, 0.717) is 19.0 Å². The molecule has 0 heterocycles. The fourth-order valence-electron chi connectivity index (χ4n) is 2.76. The van der Waals surface area contributed by atoms with Crippen LogP contribution >= 0.6 is 24.0 Å². The van der Waals surface area contributed by atoms with Crippen LogP contribution in [0.3, 0.4) is 0 Å². The fourth-order valence-corrected chi connectivity index (χ4v) is 2.76. The van der Waals surface area contributed by atoms with Gasteiger partial charge in [0.2, 0.25) is 0 Å². The van der Waals surface area contributed by atoms with E-state index in [1.165, 1.54) is 12.1 Å². The Hall–Kier alpha value is -1.87. The number of ether oxygens (including phenoxy) is 1. The van der Waals surface area contributed by atoms with Crippen molar-refractivity contribution < 1.29 is 9.13 Å². The van der Waals surface area contributed by atoms with Crippen molar-refractivity contribution in [2.24, 2.45) is 4.99 Å². The van der Waals surface area contributed by atoms with Crippen molar-refractivity contribution in [3.63, 3.8) is 0 Å². The molecule has 0 aliphatic rings. The minimum atomic E-state index is -0.240. The van der Waals surface area contributed by atoms with E-state index in [1.54, 1.807) is 20.2 Å². The number of nitrogens with one attached hydrogen (secondary N) is 2. The first-order valence-corrected chi connectivity index (χ1v) is 8.53. The SMILES string of the molecule is CN=C(NCc1cccc(F)c1)NCC(c1ccccc1OC)N(C)C.I. The van der Waals surface area contributed by atoms with Gasteiger partial charge in [0.15, 0.2) is 5.96 Å². The predicted molar refractivity (Wildman–Crippen MR) is 119 cm³/mol. The first-order chi connectivity index (χ1) is 12.5. The van der Waals surface area contributed by atoms with Gasteiger partial charge < -0.3 is 20.3 Å². The number of likely N-dealkylation sites (N-methyl/N-ethyl adjacent to an activating group) is 1. The van der Waals surface area contributed by atoms with E-state index in [9.17, 15) is 4.39 Å². The van der Waals surface area contributed by atoms with Gasteiger partial charge in [0.05, 0.1) is 13.2 Å². The lowest BCUT2D eigenvalue weighted by atomic mass is 10.0. The largest absolute Gasteiger partial charge is 0.496 e. The van der Waals surface area contributed by atoms with Crippen LogP contribution < -0.4 is 15.4 Å². The van der Waals surface area contributed by atoms with Gasteiger partial charge in [-0.05, 0) is 37.9 Å². The highest BCUT2D eigenvalue weighted by molar-refractivity contribution is 14.0. The summed E-state index contributed by atoms with van der Waals surface area (Å²) >= 11 is 0. The van der Waals surface area contributed by atoms with Crippen LogP contribution in [0.25, 0.3) is 0 Å². The molecule has 0 spiro atoms. The second-order valence-electron chi connectivity index (χ2n) is 6.16. The Labute approximate surface area is 178 Å². The summed E-state index contributed by atoms with van der Waals surface area (Å²) in [6.45, 7) is 1.15. The van der Waals surface area contributed by atoms with Crippen LogP contribution in [-0.2, 0) is 6.54 Å². The van der Waals surface area contributed by atoms with Crippen LogP contribution in [0.4, 0.5) is 4.39 Å². The predicted octanol–water partition coefficient (Wildman–Crippen LogP) is 3.42. The Bertz CT molecular complexity index is 739. The fraction of sp³-hybridized carbons (Fsp3) is 0.350. The summed E-state index contributed by atoms with van der Waals surface area (Å²) in [6.07, 6.45) is 0. The summed E-state index contributed by atoms with van der Waals surface area (Å²) in [7, 11) is 7.45. The number of nitrogens with zero attached hydrogens (tertiary/aromatic N) is 2. The average Bonchev–Trinajstić information content (AvgIpc) is 2.64.